The minimum atomic E-state index is -0.248. The van der Waals surface area contributed by atoms with E-state index in [0.717, 1.165) is 38.8 Å². The molecule has 0 spiro atoms. The summed E-state index contributed by atoms with van der Waals surface area (Å²) in [5.41, 5.74) is 0. The third-order valence-electron chi connectivity index (χ3n) is 3.26. The molecule has 102 valence electrons. The minimum absolute atomic E-state index is 0.134. The Hall–Kier alpha value is -1.14. The maximum Gasteiger partial charge on any atom is 0.323 e. The average Bonchev–Trinajstić information content (AvgIpc) is 3.05. The Labute approximate surface area is 106 Å². The van der Waals surface area contributed by atoms with E-state index in [9.17, 15) is 9.59 Å². The Morgan fingerprint density at radius 3 is 1.67 bits per heavy atom. The van der Waals surface area contributed by atoms with E-state index in [1.165, 1.54) is 0 Å². The number of carbonyl (C=O) groups is 2. The molecule has 2 aliphatic heterocycles. The van der Waals surface area contributed by atoms with E-state index in [0.29, 0.717) is 0 Å². The Bertz CT molecular complexity index is 266. The normalized spacial score (nSPS) is 27.1. The van der Waals surface area contributed by atoms with Gasteiger partial charge >= 0.3 is 11.9 Å². The van der Waals surface area contributed by atoms with Gasteiger partial charge in [0.25, 0.3) is 0 Å². The average molecular weight is 256 g/mol. The van der Waals surface area contributed by atoms with Crippen molar-refractivity contribution in [3.63, 3.8) is 0 Å². The molecule has 2 fully saturated rings. The third-order valence-corrected chi connectivity index (χ3v) is 3.26. The van der Waals surface area contributed by atoms with E-state index >= 15 is 0 Å². The molecule has 18 heavy (non-hydrogen) atoms. The first-order valence-electron chi connectivity index (χ1n) is 6.57. The molecule has 6 heteroatoms. The lowest BCUT2D eigenvalue weighted by Gasteiger charge is -2.12. The summed E-state index contributed by atoms with van der Waals surface area (Å²) in [6.45, 7) is 2.00. The molecule has 0 aromatic heterocycles. The van der Waals surface area contributed by atoms with Crippen molar-refractivity contribution in [2.24, 2.45) is 0 Å². The van der Waals surface area contributed by atoms with Crippen molar-refractivity contribution in [2.75, 3.05) is 26.3 Å². The van der Waals surface area contributed by atoms with Crippen LogP contribution in [0.25, 0.3) is 0 Å². The smallest absolute Gasteiger partial charge is 0.323 e. The highest BCUT2D eigenvalue weighted by atomic mass is 16.6. The zero-order chi connectivity index (χ0) is 12.8. The van der Waals surface area contributed by atoms with Crippen LogP contribution in [0.15, 0.2) is 0 Å². The minimum Gasteiger partial charge on any atom is -0.461 e. The van der Waals surface area contributed by atoms with Crippen molar-refractivity contribution in [1.82, 2.24) is 10.6 Å². The predicted molar refractivity (Wildman–Crippen MR) is 64.0 cm³/mol. The van der Waals surface area contributed by atoms with Crippen LogP contribution in [-0.2, 0) is 19.1 Å². The summed E-state index contributed by atoms with van der Waals surface area (Å²) in [4.78, 5) is 23.0. The van der Waals surface area contributed by atoms with Gasteiger partial charge in [-0.25, -0.2) is 0 Å². The first kappa shape index (κ1) is 13.3. The van der Waals surface area contributed by atoms with Gasteiger partial charge in [-0.15, -0.1) is 0 Å². The van der Waals surface area contributed by atoms with Crippen molar-refractivity contribution >= 4 is 11.9 Å². The van der Waals surface area contributed by atoms with Gasteiger partial charge < -0.3 is 20.1 Å². The lowest BCUT2D eigenvalue weighted by molar-refractivity contribution is -0.154. The second kappa shape index (κ2) is 6.70. The highest BCUT2D eigenvalue weighted by Crippen LogP contribution is 2.07. The summed E-state index contributed by atoms with van der Waals surface area (Å²) in [7, 11) is 0. The summed E-state index contributed by atoms with van der Waals surface area (Å²) in [5, 5.41) is 6.12. The molecule has 2 atom stereocenters. The summed E-state index contributed by atoms with van der Waals surface area (Å²) in [5.74, 6) is -0.495. The van der Waals surface area contributed by atoms with Gasteiger partial charge in [0.15, 0.2) is 0 Å². The first-order chi connectivity index (χ1) is 8.77. The molecule has 0 bridgehead atoms. The molecule has 0 radical (unpaired) electrons. The fraction of sp³-hybridized carbons (Fsp3) is 0.833. The number of rotatable bonds is 5. The molecular weight excluding hydrogens is 236 g/mol. The van der Waals surface area contributed by atoms with E-state index in [1.54, 1.807) is 0 Å². The number of nitrogens with one attached hydrogen (secondary N) is 2. The summed E-state index contributed by atoms with van der Waals surface area (Å²) in [6.07, 6.45) is 3.65. The summed E-state index contributed by atoms with van der Waals surface area (Å²) in [6, 6.07) is -0.366. The topological polar surface area (TPSA) is 76.7 Å². The van der Waals surface area contributed by atoms with Crippen LogP contribution in [0.3, 0.4) is 0 Å². The fourth-order valence-electron chi connectivity index (χ4n) is 2.26. The van der Waals surface area contributed by atoms with Gasteiger partial charge in [-0.1, -0.05) is 0 Å². The van der Waals surface area contributed by atoms with E-state index in [-0.39, 0.29) is 37.2 Å². The van der Waals surface area contributed by atoms with Gasteiger partial charge in [0.2, 0.25) is 0 Å². The van der Waals surface area contributed by atoms with E-state index < -0.39 is 0 Å². The maximum atomic E-state index is 11.5. The summed E-state index contributed by atoms with van der Waals surface area (Å²) < 4.78 is 10.1. The van der Waals surface area contributed by atoms with Crippen LogP contribution in [0.1, 0.15) is 25.7 Å². The Morgan fingerprint density at radius 2 is 1.33 bits per heavy atom. The van der Waals surface area contributed by atoms with Crippen molar-refractivity contribution < 1.29 is 19.1 Å². The second-order valence-corrected chi connectivity index (χ2v) is 4.63. The van der Waals surface area contributed by atoms with Crippen LogP contribution in [0.5, 0.6) is 0 Å². The highest BCUT2D eigenvalue weighted by Gasteiger charge is 2.25. The van der Waals surface area contributed by atoms with Gasteiger partial charge in [-0.3, -0.25) is 9.59 Å². The van der Waals surface area contributed by atoms with Crippen molar-refractivity contribution in [1.29, 1.82) is 0 Å². The molecule has 0 aromatic carbocycles. The Balaban J connectivity index is 1.55. The van der Waals surface area contributed by atoms with Crippen molar-refractivity contribution in [3.8, 4) is 0 Å². The quantitative estimate of drug-likeness (QED) is 0.514. The van der Waals surface area contributed by atoms with Crippen LogP contribution in [0.4, 0.5) is 0 Å². The maximum absolute atomic E-state index is 11.5. The van der Waals surface area contributed by atoms with E-state index in [1.807, 2.05) is 0 Å². The molecule has 0 aromatic rings. The largest absolute Gasteiger partial charge is 0.461 e. The second-order valence-electron chi connectivity index (χ2n) is 4.63. The lowest BCUT2D eigenvalue weighted by Crippen LogP contribution is -2.35. The molecule has 6 nitrogen and oxygen atoms in total. The zero-order valence-electron chi connectivity index (χ0n) is 10.4. The first-order valence-corrected chi connectivity index (χ1v) is 6.57. The summed E-state index contributed by atoms with van der Waals surface area (Å²) >= 11 is 0. The van der Waals surface area contributed by atoms with Gasteiger partial charge in [0.05, 0.1) is 0 Å². The SMILES string of the molecule is O=C(OCCOC(=O)C1CCCN1)C1CCCN1. The highest BCUT2D eigenvalue weighted by molar-refractivity contribution is 5.76. The number of esters is 2. The van der Waals surface area contributed by atoms with Crippen LogP contribution in [-0.4, -0.2) is 50.3 Å². The number of hydrogen-bond acceptors (Lipinski definition) is 6. The van der Waals surface area contributed by atoms with Gasteiger partial charge in [-0.2, -0.15) is 0 Å². The molecule has 0 amide bonds. The van der Waals surface area contributed by atoms with Gasteiger partial charge in [0.1, 0.15) is 25.3 Å². The zero-order valence-corrected chi connectivity index (χ0v) is 10.4. The van der Waals surface area contributed by atoms with Crippen molar-refractivity contribution in [3.05, 3.63) is 0 Å². The number of hydrogen-bond donors (Lipinski definition) is 2. The molecule has 0 aliphatic carbocycles. The van der Waals surface area contributed by atoms with Crippen molar-refractivity contribution in [2.45, 2.75) is 37.8 Å². The molecule has 2 aliphatic rings. The van der Waals surface area contributed by atoms with Gasteiger partial charge in [0, 0.05) is 0 Å². The molecular formula is C12H20N2O4. The molecule has 0 saturated carbocycles. The predicted octanol–water partition coefficient (Wildman–Crippen LogP) is -0.423. The third kappa shape index (κ3) is 3.68. The van der Waals surface area contributed by atoms with Crippen LogP contribution < -0.4 is 10.6 Å². The Morgan fingerprint density at radius 1 is 0.889 bits per heavy atom. The monoisotopic (exact) mass is 256 g/mol. The number of carbonyl (C=O) groups excluding carboxylic acids is 2. The molecule has 2 rings (SSSR count). The van der Waals surface area contributed by atoms with Gasteiger partial charge in [-0.05, 0) is 38.8 Å². The van der Waals surface area contributed by atoms with Crippen LogP contribution in [0.2, 0.25) is 0 Å². The van der Waals surface area contributed by atoms with E-state index in [4.69, 9.17) is 9.47 Å². The van der Waals surface area contributed by atoms with Crippen LogP contribution in [0, 0.1) is 0 Å². The standard InChI is InChI=1S/C12H20N2O4/c15-11(9-3-1-5-13-9)17-7-8-18-12(16)10-4-2-6-14-10/h9-10,13-14H,1-8H2. The molecule has 2 saturated heterocycles. The van der Waals surface area contributed by atoms with Crippen LogP contribution >= 0.6 is 0 Å². The fourth-order valence-corrected chi connectivity index (χ4v) is 2.26. The molecule has 2 heterocycles. The lowest BCUT2D eigenvalue weighted by atomic mass is 10.2. The Kier molecular flexibility index (Phi) is 4.95. The molecule has 2 unspecified atom stereocenters. The van der Waals surface area contributed by atoms with E-state index in [2.05, 4.69) is 10.6 Å². The molecule has 2 N–H and O–H groups in total. The number of ether oxygens (including phenoxy) is 2.